The molecule has 0 saturated carbocycles. The van der Waals surface area contributed by atoms with Crippen molar-refractivity contribution < 1.29 is 4.79 Å². The van der Waals surface area contributed by atoms with Crippen LogP contribution in [-0.4, -0.2) is 16.9 Å². The molecule has 136 valence electrons. The SMILES string of the molecule is CCCCCC[C@H](C)NC(=O)c1cc(-c2cccs2)nc2ccccc12. The van der Waals surface area contributed by atoms with E-state index in [1.54, 1.807) is 11.3 Å². The molecule has 3 aromatic rings. The van der Waals surface area contributed by atoms with E-state index in [-0.39, 0.29) is 11.9 Å². The van der Waals surface area contributed by atoms with Crippen molar-refractivity contribution in [2.75, 3.05) is 0 Å². The third-order valence-electron chi connectivity index (χ3n) is 4.60. The smallest absolute Gasteiger partial charge is 0.252 e. The Hall–Kier alpha value is -2.20. The average Bonchev–Trinajstić information content (AvgIpc) is 3.19. The number of benzene rings is 1. The normalized spacial score (nSPS) is 12.2. The summed E-state index contributed by atoms with van der Waals surface area (Å²) < 4.78 is 0. The summed E-state index contributed by atoms with van der Waals surface area (Å²) in [7, 11) is 0. The monoisotopic (exact) mass is 366 g/mol. The van der Waals surface area contributed by atoms with Gasteiger partial charge < -0.3 is 5.32 Å². The van der Waals surface area contributed by atoms with Crippen molar-refractivity contribution in [2.45, 2.75) is 52.0 Å². The number of carbonyl (C=O) groups is 1. The van der Waals surface area contributed by atoms with Crippen LogP contribution in [0, 0.1) is 0 Å². The molecule has 2 aromatic heterocycles. The highest BCUT2D eigenvalue weighted by Gasteiger charge is 2.16. The Balaban J connectivity index is 1.82. The maximum absolute atomic E-state index is 12.9. The van der Waals surface area contributed by atoms with E-state index in [0.29, 0.717) is 5.56 Å². The highest BCUT2D eigenvalue weighted by molar-refractivity contribution is 7.13. The van der Waals surface area contributed by atoms with Gasteiger partial charge in [-0.2, -0.15) is 0 Å². The molecule has 4 heteroatoms. The minimum Gasteiger partial charge on any atom is -0.350 e. The lowest BCUT2D eigenvalue weighted by Gasteiger charge is -2.15. The van der Waals surface area contributed by atoms with Crippen molar-refractivity contribution in [3.8, 4) is 10.6 Å². The van der Waals surface area contributed by atoms with Gasteiger partial charge in [0, 0.05) is 11.4 Å². The van der Waals surface area contributed by atoms with Gasteiger partial charge in [0.25, 0.3) is 5.91 Å². The fourth-order valence-electron chi connectivity index (χ4n) is 3.16. The van der Waals surface area contributed by atoms with Crippen LogP contribution in [0.4, 0.5) is 0 Å². The first-order chi connectivity index (χ1) is 12.7. The van der Waals surface area contributed by atoms with E-state index < -0.39 is 0 Å². The molecule has 0 bridgehead atoms. The maximum atomic E-state index is 12.9. The van der Waals surface area contributed by atoms with E-state index >= 15 is 0 Å². The molecule has 1 N–H and O–H groups in total. The van der Waals surface area contributed by atoms with E-state index in [4.69, 9.17) is 4.98 Å². The Labute approximate surface area is 159 Å². The van der Waals surface area contributed by atoms with Gasteiger partial charge in [0.2, 0.25) is 0 Å². The number of thiophene rings is 1. The summed E-state index contributed by atoms with van der Waals surface area (Å²) in [6.07, 6.45) is 5.91. The topological polar surface area (TPSA) is 42.0 Å². The zero-order valence-electron chi connectivity index (χ0n) is 15.5. The first kappa shape index (κ1) is 18.6. The molecule has 0 saturated heterocycles. The van der Waals surface area contributed by atoms with Gasteiger partial charge >= 0.3 is 0 Å². The van der Waals surface area contributed by atoms with E-state index in [0.717, 1.165) is 34.3 Å². The second kappa shape index (κ2) is 8.95. The molecule has 0 fully saturated rings. The molecule has 0 radical (unpaired) electrons. The highest BCUT2D eigenvalue weighted by Crippen LogP contribution is 2.28. The van der Waals surface area contributed by atoms with Crippen LogP contribution < -0.4 is 5.32 Å². The number of unbranched alkanes of at least 4 members (excludes halogenated alkanes) is 3. The lowest BCUT2D eigenvalue weighted by Crippen LogP contribution is -2.32. The molecule has 2 heterocycles. The number of fused-ring (bicyclic) bond motifs is 1. The molecule has 0 aliphatic carbocycles. The summed E-state index contributed by atoms with van der Waals surface area (Å²) in [5, 5.41) is 6.11. The first-order valence-corrected chi connectivity index (χ1v) is 10.3. The van der Waals surface area contributed by atoms with Crippen LogP contribution in [-0.2, 0) is 0 Å². The standard InChI is InChI=1S/C22H26N2OS/c1-3-4-5-6-10-16(2)23-22(25)18-15-20(21-13-9-14-26-21)24-19-12-8-7-11-17(18)19/h7-9,11-16H,3-6,10H2,1-2H3,(H,23,25)/t16-/m0/s1. The van der Waals surface area contributed by atoms with Crippen LogP contribution in [0.1, 0.15) is 56.3 Å². The van der Waals surface area contributed by atoms with Gasteiger partial charge in [-0.3, -0.25) is 4.79 Å². The predicted molar refractivity (Wildman–Crippen MR) is 111 cm³/mol. The summed E-state index contributed by atoms with van der Waals surface area (Å²) in [6, 6.07) is 14.0. The number of carbonyl (C=O) groups excluding carboxylic acids is 1. The quantitative estimate of drug-likeness (QED) is 0.493. The molecule has 26 heavy (non-hydrogen) atoms. The Morgan fingerprint density at radius 3 is 2.77 bits per heavy atom. The molecule has 0 aliphatic heterocycles. The van der Waals surface area contributed by atoms with Crippen molar-refractivity contribution in [1.82, 2.24) is 10.3 Å². The lowest BCUT2D eigenvalue weighted by molar-refractivity contribution is 0.0939. The molecule has 1 amide bonds. The Kier molecular flexibility index (Phi) is 6.40. The number of nitrogens with zero attached hydrogens (tertiary/aromatic N) is 1. The summed E-state index contributed by atoms with van der Waals surface area (Å²) in [5.41, 5.74) is 2.43. The van der Waals surface area contributed by atoms with Gasteiger partial charge in [-0.15, -0.1) is 11.3 Å². The molecule has 3 rings (SSSR count). The number of amides is 1. The van der Waals surface area contributed by atoms with Gasteiger partial charge in [0.05, 0.1) is 21.7 Å². The molecular weight excluding hydrogens is 340 g/mol. The van der Waals surface area contributed by atoms with Gasteiger partial charge in [-0.1, -0.05) is 56.9 Å². The number of rotatable bonds is 8. The molecule has 0 spiro atoms. The van der Waals surface area contributed by atoms with Crippen molar-refractivity contribution in [3.63, 3.8) is 0 Å². The van der Waals surface area contributed by atoms with Crippen LogP contribution in [0.25, 0.3) is 21.5 Å². The van der Waals surface area contributed by atoms with E-state index in [1.807, 2.05) is 47.8 Å². The fraction of sp³-hybridized carbons (Fsp3) is 0.364. The Morgan fingerprint density at radius 2 is 2.00 bits per heavy atom. The summed E-state index contributed by atoms with van der Waals surface area (Å²) in [5.74, 6) is -0.00982. The van der Waals surface area contributed by atoms with Gasteiger partial charge in [0.15, 0.2) is 0 Å². The predicted octanol–water partition coefficient (Wildman–Crippen LogP) is 6.05. The zero-order chi connectivity index (χ0) is 18.4. The number of nitrogens with one attached hydrogen (secondary N) is 1. The van der Waals surface area contributed by atoms with Crippen LogP contribution >= 0.6 is 11.3 Å². The molecule has 3 nitrogen and oxygen atoms in total. The number of aromatic nitrogens is 1. The van der Waals surface area contributed by atoms with E-state index in [1.165, 1.54) is 19.3 Å². The van der Waals surface area contributed by atoms with Crippen LogP contribution in [0.5, 0.6) is 0 Å². The van der Waals surface area contributed by atoms with Crippen LogP contribution in [0.2, 0.25) is 0 Å². The van der Waals surface area contributed by atoms with Crippen molar-refractivity contribution in [2.24, 2.45) is 0 Å². The minimum absolute atomic E-state index is 0.00982. The van der Waals surface area contributed by atoms with E-state index in [9.17, 15) is 4.79 Å². The lowest BCUT2D eigenvalue weighted by atomic mass is 10.0. The largest absolute Gasteiger partial charge is 0.350 e. The Bertz CT molecular complexity index is 858. The highest BCUT2D eigenvalue weighted by atomic mass is 32.1. The number of para-hydroxylation sites is 1. The van der Waals surface area contributed by atoms with Crippen molar-refractivity contribution >= 4 is 28.1 Å². The fourth-order valence-corrected chi connectivity index (χ4v) is 3.85. The van der Waals surface area contributed by atoms with Gasteiger partial charge in [-0.05, 0) is 36.9 Å². The summed E-state index contributed by atoms with van der Waals surface area (Å²) >= 11 is 1.64. The summed E-state index contributed by atoms with van der Waals surface area (Å²) in [4.78, 5) is 18.8. The number of hydrogen-bond donors (Lipinski definition) is 1. The zero-order valence-corrected chi connectivity index (χ0v) is 16.3. The van der Waals surface area contributed by atoms with Crippen molar-refractivity contribution in [1.29, 1.82) is 0 Å². The Morgan fingerprint density at radius 1 is 1.15 bits per heavy atom. The molecule has 0 unspecified atom stereocenters. The second-order valence-corrected chi connectivity index (χ2v) is 7.72. The first-order valence-electron chi connectivity index (χ1n) is 9.43. The third kappa shape index (κ3) is 4.50. The van der Waals surface area contributed by atoms with Gasteiger partial charge in [-0.25, -0.2) is 4.98 Å². The molecule has 1 aromatic carbocycles. The minimum atomic E-state index is -0.00982. The van der Waals surface area contributed by atoms with Crippen LogP contribution in [0.15, 0.2) is 47.8 Å². The maximum Gasteiger partial charge on any atom is 0.252 e. The molecular formula is C22H26N2OS. The molecule has 1 atom stereocenters. The molecule has 0 aliphatic rings. The summed E-state index contributed by atoms with van der Waals surface area (Å²) in [6.45, 7) is 4.30. The number of pyridine rings is 1. The van der Waals surface area contributed by atoms with Gasteiger partial charge in [0.1, 0.15) is 0 Å². The van der Waals surface area contributed by atoms with E-state index in [2.05, 4.69) is 19.2 Å². The second-order valence-electron chi connectivity index (χ2n) is 6.77. The van der Waals surface area contributed by atoms with Crippen molar-refractivity contribution in [3.05, 3.63) is 53.4 Å². The third-order valence-corrected chi connectivity index (χ3v) is 5.49. The van der Waals surface area contributed by atoms with Crippen LogP contribution in [0.3, 0.4) is 0 Å². The average molecular weight is 367 g/mol. The number of hydrogen-bond acceptors (Lipinski definition) is 3.